The van der Waals surface area contributed by atoms with Crippen molar-refractivity contribution >= 4 is 23.2 Å². The van der Waals surface area contributed by atoms with Gasteiger partial charge in [-0.2, -0.15) is 0 Å². The number of carbonyl (C=O) groups excluding carboxylic acids is 2. The molecule has 3 rings (SSSR count). The van der Waals surface area contributed by atoms with Crippen LogP contribution in [-0.2, 0) is 17.6 Å². The molecule has 0 saturated heterocycles. The summed E-state index contributed by atoms with van der Waals surface area (Å²) in [4.78, 5) is 25.0. The minimum absolute atomic E-state index is 0.159. The molecule has 6 heteroatoms. The largest absolute Gasteiger partial charge is 0.495 e. The SMILES string of the molecule is CCc1cccc(CC)c1NC(=O)c1ccc(OCC(=O)Nc2ccccc2OC)cc1. The zero-order valence-corrected chi connectivity index (χ0v) is 18.6. The van der Waals surface area contributed by atoms with Crippen LogP contribution >= 0.6 is 0 Å². The molecule has 32 heavy (non-hydrogen) atoms. The van der Waals surface area contributed by atoms with E-state index in [-0.39, 0.29) is 18.4 Å². The second-order valence-electron chi connectivity index (χ2n) is 7.17. The van der Waals surface area contributed by atoms with Crippen molar-refractivity contribution in [3.63, 3.8) is 0 Å². The molecule has 6 nitrogen and oxygen atoms in total. The minimum Gasteiger partial charge on any atom is -0.495 e. The molecule has 0 aliphatic heterocycles. The van der Waals surface area contributed by atoms with Crippen LogP contribution in [-0.4, -0.2) is 25.5 Å². The van der Waals surface area contributed by atoms with Gasteiger partial charge in [0.1, 0.15) is 11.5 Å². The van der Waals surface area contributed by atoms with E-state index in [0.717, 1.165) is 29.7 Å². The van der Waals surface area contributed by atoms with Crippen LogP contribution in [0.3, 0.4) is 0 Å². The first kappa shape index (κ1) is 22.9. The fourth-order valence-corrected chi connectivity index (χ4v) is 3.37. The Morgan fingerprint density at radius 1 is 0.812 bits per heavy atom. The van der Waals surface area contributed by atoms with Gasteiger partial charge in [-0.1, -0.05) is 44.2 Å². The average molecular weight is 433 g/mol. The fourth-order valence-electron chi connectivity index (χ4n) is 3.37. The standard InChI is InChI=1S/C26H28N2O4/c1-4-18-9-8-10-19(5-2)25(18)28-26(30)20-13-15-21(16-14-20)32-17-24(29)27-22-11-6-7-12-23(22)31-3/h6-16H,4-5,17H2,1-3H3,(H,27,29)(H,28,30). The topological polar surface area (TPSA) is 76.7 Å². The van der Waals surface area contributed by atoms with Crippen molar-refractivity contribution in [2.45, 2.75) is 26.7 Å². The molecule has 0 unspecified atom stereocenters. The Balaban J connectivity index is 1.59. The van der Waals surface area contributed by atoms with E-state index >= 15 is 0 Å². The van der Waals surface area contributed by atoms with E-state index in [2.05, 4.69) is 24.5 Å². The number of amides is 2. The fraction of sp³-hybridized carbons (Fsp3) is 0.231. The first-order valence-electron chi connectivity index (χ1n) is 10.6. The summed E-state index contributed by atoms with van der Waals surface area (Å²) in [6, 6.07) is 20.0. The third-order valence-electron chi connectivity index (χ3n) is 5.10. The highest BCUT2D eigenvalue weighted by Gasteiger charge is 2.12. The van der Waals surface area contributed by atoms with Gasteiger partial charge in [-0.15, -0.1) is 0 Å². The molecule has 166 valence electrons. The van der Waals surface area contributed by atoms with Gasteiger partial charge in [-0.25, -0.2) is 0 Å². The van der Waals surface area contributed by atoms with Crippen LogP contribution in [0.15, 0.2) is 66.7 Å². The smallest absolute Gasteiger partial charge is 0.262 e. The monoisotopic (exact) mass is 432 g/mol. The molecule has 0 fully saturated rings. The van der Waals surface area contributed by atoms with Gasteiger partial charge >= 0.3 is 0 Å². The third-order valence-corrected chi connectivity index (χ3v) is 5.10. The number of hydrogen-bond acceptors (Lipinski definition) is 4. The maximum atomic E-state index is 12.8. The third kappa shape index (κ3) is 5.66. The van der Waals surface area contributed by atoms with Crippen LogP contribution in [0, 0.1) is 0 Å². The number of hydrogen-bond donors (Lipinski definition) is 2. The van der Waals surface area contributed by atoms with Crippen LogP contribution in [0.25, 0.3) is 0 Å². The lowest BCUT2D eigenvalue weighted by atomic mass is 10.0. The van der Waals surface area contributed by atoms with Crippen LogP contribution < -0.4 is 20.1 Å². The zero-order valence-electron chi connectivity index (χ0n) is 18.6. The molecular weight excluding hydrogens is 404 g/mol. The summed E-state index contributed by atoms with van der Waals surface area (Å²) in [5.74, 6) is 0.590. The van der Waals surface area contributed by atoms with E-state index in [1.54, 1.807) is 43.5 Å². The van der Waals surface area contributed by atoms with E-state index in [0.29, 0.717) is 22.7 Å². The molecule has 0 radical (unpaired) electrons. The van der Waals surface area contributed by atoms with Gasteiger partial charge < -0.3 is 20.1 Å². The van der Waals surface area contributed by atoms with Crippen molar-refractivity contribution < 1.29 is 19.1 Å². The molecule has 0 aliphatic rings. The summed E-state index contributed by atoms with van der Waals surface area (Å²) >= 11 is 0. The van der Waals surface area contributed by atoms with Crippen molar-refractivity contribution in [2.75, 3.05) is 24.4 Å². The Hall–Kier alpha value is -3.80. The van der Waals surface area contributed by atoms with Crippen molar-refractivity contribution in [1.29, 1.82) is 0 Å². The van der Waals surface area contributed by atoms with Crippen LogP contribution in [0.5, 0.6) is 11.5 Å². The number of anilines is 2. The molecule has 2 N–H and O–H groups in total. The molecule has 2 amide bonds. The normalized spacial score (nSPS) is 10.3. The Morgan fingerprint density at radius 3 is 2.09 bits per heavy atom. The summed E-state index contributed by atoms with van der Waals surface area (Å²) in [6.45, 7) is 3.98. The summed E-state index contributed by atoms with van der Waals surface area (Å²) in [5, 5.41) is 5.81. The van der Waals surface area contributed by atoms with Gasteiger partial charge in [0.15, 0.2) is 6.61 Å². The molecule has 0 heterocycles. The molecule has 0 atom stereocenters. The van der Waals surface area contributed by atoms with Gasteiger partial charge in [0.25, 0.3) is 11.8 Å². The number of rotatable bonds is 9. The number of ether oxygens (including phenoxy) is 2. The second kappa shape index (κ2) is 11.0. The quantitative estimate of drug-likeness (QED) is 0.494. The lowest BCUT2D eigenvalue weighted by molar-refractivity contribution is -0.118. The Kier molecular flexibility index (Phi) is 7.86. The van der Waals surface area contributed by atoms with E-state index in [4.69, 9.17) is 9.47 Å². The predicted molar refractivity (Wildman–Crippen MR) is 127 cm³/mol. The van der Waals surface area contributed by atoms with E-state index in [1.807, 2.05) is 30.3 Å². The molecule has 3 aromatic carbocycles. The van der Waals surface area contributed by atoms with E-state index in [1.165, 1.54) is 0 Å². The van der Waals surface area contributed by atoms with Crippen molar-refractivity contribution in [3.8, 4) is 11.5 Å². The molecule has 0 saturated carbocycles. The van der Waals surface area contributed by atoms with Crippen LogP contribution in [0.1, 0.15) is 35.3 Å². The Labute approximate surface area is 188 Å². The van der Waals surface area contributed by atoms with Gasteiger partial charge in [0, 0.05) is 11.3 Å². The lowest BCUT2D eigenvalue weighted by Crippen LogP contribution is -2.20. The zero-order chi connectivity index (χ0) is 22.9. The minimum atomic E-state index is -0.306. The summed E-state index contributed by atoms with van der Waals surface area (Å²) < 4.78 is 10.8. The molecular formula is C26H28N2O4. The molecule has 0 aromatic heterocycles. The Bertz CT molecular complexity index is 1060. The predicted octanol–water partition coefficient (Wildman–Crippen LogP) is 5.09. The number of benzene rings is 3. The molecule has 3 aromatic rings. The highest BCUT2D eigenvalue weighted by atomic mass is 16.5. The highest BCUT2D eigenvalue weighted by molar-refractivity contribution is 6.05. The summed E-state index contributed by atoms with van der Waals surface area (Å²) in [6.07, 6.45) is 1.68. The van der Waals surface area contributed by atoms with Crippen molar-refractivity contribution in [1.82, 2.24) is 0 Å². The first-order valence-corrected chi connectivity index (χ1v) is 10.6. The average Bonchev–Trinajstić information content (AvgIpc) is 2.83. The molecule has 0 spiro atoms. The number of para-hydroxylation sites is 3. The number of carbonyl (C=O) groups is 2. The van der Waals surface area contributed by atoms with E-state index in [9.17, 15) is 9.59 Å². The van der Waals surface area contributed by atoms with Gasteiger partial charge in [0.2, 0.25) is 0 Å². The summed E-state index contributed by atoms with van der Waals surface area (Å²) in [5.41, 5.74) is 4.20. The maximum absolute atomic E-state index is 12.8. The van der Waals surface area contributed by atoms with Crippen molar-refractivity contribution in [3.05, 3.63) is 83.4 Å². The number of nitrogens with one attached hydrogen (secondary N) is 2. The van der Waals surface area contributed by atoms with Gasteiger partial charge in [0.05, 0.1) is 12.8 Å². The highest BCUT2D eigenvalue weighted by Crippen LogP contribution is 2.24. The van der Waals surface area contributed by atoms with Gasteiger partial charge in [-0.05, 0) is 60.4 Å². The van der Waals surface area contributed by atoms with Gasteiger partial charge in [-0.3, -0.25) is 9.59 Å². The van der Waals surface area contributed by atoms with E-state index < -0.39 is 0 Å². The number of methoxy groups -OCH3 is 1. The van der Waals surface area contributed by atoms with Crippen molar-refractivity contribution in [2.24, 2.45) is 0 Å². The maximum Gasteiger partial charge on any atom is 0.262 e. The number of aryl methyl sites for hydroxylation is 2. The molecule has 0 bridgehead atoms. The lowest BCUT2D eigenvalue weighted by Gasteiger charge is -2.14. The van der Waals surface area contributed by atoms with Crippen LogP contribution in [0.4, 0.5) is 11.4 Å². The summed E-state index contributed by atoms with van der Waals surface area (Å²) in [7, 11) is 1.54. The first-order chi connectivity index (χ1) is 15.5. The van der Waals surface area contributed by atoms with Crippen LogP contribution in [0.2, 0.25) is 0 Å². The molecule has 0 aliphatic carbocycles. The Morgan fingerprint density at radius 2 is 1.47 bits per heavy atom. The second-order valence-corrected chi connectivity index (χ2v) is 7.17.